The first-order valence-electron chi connectivity index (χ1n) is 8.11. The van der Waals surface area contributed by atoms with E-state index in [1.54, 1.807) is 0 Å². The molecule has 0 fully saturated rings. The summed E-state index contributed by atoms with van der Waals surface area (Å²) in [5.74, 6) is -3.65. The predicted octanol–water partition coefficient (Wildman–Crippen LogP) is 3.14. The van der Waals surface area contributed by atoms with Crippen molar-refractivity contribution < 1.29 is 27.1 Å². The van der Waals surface area contributed by atoms with Gasteiger partial charge in [-0.15, -0.1) is 0 Å². The standard InChI is InChI=1S/C17H15F5N4O2/c1-8(10-3-5-11(6-4-10)17(20,21)22)26-14-12(15(28)24-9(2)23-14)13(25-26)16(18,19)7-27/h3-6,8,27H,7H2,1-2H3,(H,23,24,28). The highest BCUT2D eigenvalue weighted by Gasteiger charge is 2.39. The molecule has 28 heavy (non-hydrogen) atoms. The van der Waals surface area contributed by atoms with E-state index in [9.17, 15) is 26.7 Å². The van der Waals surface area contributed by atoms with Crippen LogP contribution < -0.4 is 5.56 Å². The Morgan fingerprint density at radius 2 is 1.79 bits per heavy atom. The van der Waals surface area contributed by atoms with Crippen molar-refractivity contribution in [1.29, 1.82) is 0 Å². The van der Waals surface area contributed by atoms with Crippen molar-refractivity contribution in [2.24, 2.45) is 0 Å². The first-order chi connectivity index (χ1) is 13.0. The van der Waals surface area contributed by atoms with Crippen molar-refractivity contribution in [2.75, 3.05) is 6.61 Å². The lowest BCUT2D eigenvalue weighted by molar-refractivity contribution is -0.137. The summed E-state index contributed by atoms with van der Waals surface area (Å²) in [4.78, 5) is 18.6. The van der Waals surface area contributed by atoms with Crippen LogP contribution in [0.15, 0.2) is 29.1 Å². The molecule has 0 spiro atoms. The number of aliphatic hydroxyl groups excluding tert-OH is 1. The Kier molecular flexibility index (Phi) is 4.74. The zero-order chi connectivity index (χ0) is 20.9. The largest absolute Gasteiger partial charge is 0.416 e. The second-order valence-electron chi connectivity index (χ2n) is 6.30. The fraction of sp³-hybridized carbons (Fsp3) is 0.353. The van der Waals surface area contributed by atoms with Crippen LogP contribution in [-0.2, 0) is 12.1 Å². The number of benzene rings is 1. The van der Waals surface area contributed by atoms with E-state index in [0.717, 1.165) is 16.8 Å². The molecule has 11 heteroatoms. The van der Waals surface area contributed by atoms with Gasteiger partial charge in [-0.2, -0.15) is 27.1 Å². The van der Waals surface area contributed by atoms with Crippen molar-refractivity contribution in [3.8, 4) is 0 Å². The van der Waals surface area contributed by atoms with E-state index in [0.29, 0.717) is 5.56 Å². The minimum Gasteiger partial charge on any atom is -0.390 e. The Bertz CT molecular complexity index is 1070. The maximum absolute atomic E-state index is 14.1. The highest BCUT2D eigenvalue weighted by molar-refractivity contribution is 5.78. The number of hydrogen-bond acceptors (Lipinski definition) is 4. The molecule has 2 N–H and O–H groups in total. The number of H-pyrrole nitrogens is 1. The van der Waals surface area contributed by atoms with Crippen molar-refractivity contribution in [2.45, 2.75) is 32.0 Å². The molecule has 0 saturated carbocycles. The molecule has 0 bridgehead atoms. The lowest BCUT2D eigenvalue weighted by atomic mass is 10.1. The number of aromatic nitrogens is 4. The summed E-state index contributed by atoms with van der Waals surface area (Å²) in [6, 6.07) is 3.33. The van der Waals surface area contributed by atoms with Crippen molar-refractivity contribution >= 4 is 11.0 Å². The molecule has 0 radical (unpaired) electrons. The molecule has 2 aromatic heterocycles. The third-order valence-electron chi connectivity index (χ3n) is 4.31. The summed E-state index contributed by atoms with van der Waals surface area (Å²) in [6.07, 6.45) is -4.51. The van der Waals surface area contributed by atoms with E-state index in [1.807, 2.05) is 0 Å². The Morgan fingerprint density at radius 3 is 2.32 bits per heavy atom. The molecule has 3 rings (SSSR count). The molecule has 1 aromatic carbocycles. The van der Waals surface area contributed by atoms with Crippen LogP contribution >= 0.6 is 0 Å². The monoisotopic (exact) mass is 402 g/mol. The summed E-state index contributed by atoms with van der Waals surface area (Å²) >= 11 is 0. The van der Waals surface area contributed by atoms with Gasteiger partial charge in [-0.3, -0.25) is 4.79 Å². The number of halogens is 5. The molecule has 0 amide bonds. The van der Waals surface area contributed by atoms with E-state index >= 15 is 0 Å². The number of aliphatic hydroxyl groups is 1. The van der Waals surface area contributed by atoms with Gasteiger partial charge in [0.2, 0.25) is 0 Å². The van der Waals surface area contributed by atoms with Crippen LogP contribution in [0, 0.1) is 6.92 Å². The van der Waals surface area contributed by atoms with Crippen molar-refractivity contribution in [3.05, 3.63) is 57.3 Å². The Labute approximate surface area is 154 Å². The van der Waals surface area contributed by atoms with Crippen molar-refractivity contribution in [3.63, 3.8) is 0 Å². The lowest BCUT2D eigenvalue weighted by Crippen LogP contribution is -2.22. The number of alkyl halides is 5. The van der Waals surface area contributed by atoms with E-state index in [4.69, 9.17) is 5.11 Å². The van der Waals surface area contributed by atoms with Gasteiger partial charge < -0.3 is 10.1 Å². The highest BCUT2D eigenvalue weighted by atomic mass is 19.4. The van der Waals surface area contributed by atoms with Crippen LogP contribution in [0.3, 0.4) is 0 Å². The molecule has 0 saturated heterocycles. The summed E-state index contributed by atoms with van der Waals surface area (Å²) in [5.41, 5.74) is -2.46. The van der Waals surface area contributed by atoms with Gasteiger partial charge in [-0.05, 0) is 31.5 Å². The topological polar surface area (TPSA) is 83.8 Å². The molecule has 1 atom stereocenters. The van der Waals surface area contributed by atoms with Crippen LogP contribution in [0.2, 0.25) is 0 Å². The molecule has 0 aliphatic rings. The Hall–Kier alpha value is -2.82. The Balaban J connectivity index is 2.19. The third kappa shape index (κ3) is 3.37. The molecule has 6 nitrogen and oxygen atoms in total. The van der Waals surface area contributed by atoms with E-state index in [2.05, 4.69) is 15.1 Å². The maximum Gasteiger partial charge on any atom is 0.416 e. The van der Waals surface area contributed by atoms with Crippen LogP contribution in [0.25, 0.3) is 11.0 Å². The molecular weight excluding hydrogens is 387 g/mol. The SMILES string of the molecule is Cc1nc2c(c(C(F)(F)CO)nn2C(C)c2ccc(C(F)(F)F)cc2)c(=O)[nH]1. The van der Waals surface area contributed by atoms with E-state index in [-0.39, 0.29) is 11.5 Å². The lowest BCUT2D eigenvalue weighted by Gasteiger charge is -2.15. The van der Waals surface area contributed by atoms with Crippen LogP contribution in [0.5, 0.6) is 0 Å². The van der Waals surface area contributed by atoms with Crippen molar-refractivity contribution in [1.82, 2.24) is 19.7 Å². The third-order valence-corrected chi connectivity index (χ3v) is 4.31. The van der Waals surface area contributed by atoms with Crippen LogP contribution in [-0.4, -0.2) is 31.5 Å². The molecule has 0 aliphatic carbocycles. The fourth-order valence-electron chi connectivity index (χ4n) is 2.85. The number of hydrogen-bond donors (Lipinski definition) is 2. The summed E-state index contributed by atoms with van der Waals surface area (Å²) in [7, 11) is 0. The molecule has 1 unspecified atom stereocenters. The van der Waals surface area contributed by atoms with E-state index in [1.165, 1.54) is 26.0 Å². The number of aromatic amines is 1. The van der Waals surface area contributed by atoms with Gasteiger partial charge in [-0.1, -0.05) is 12.1 Å². The quantitative estimate of drug-likeness (QED) is 0.657. The molecule has 0 aliphatic heterocycles. The molecule has 2 heterocycles. The molecule has 3 aromatic rings. The zero-order valence-electron chi connectivity index (χ0n) is 14.7. The summed E-state index contributed by atoms with van der Waals surface area (Å²) in [5, 5.41) is 12.3. The van der Waals surface area contributed by atoms with Gasteiger partial charge in [0.25, 0.3) is 5.56 Å². The zero-order valence-corrected chi connectivity index (χ0v) is 14.7. The average Bonchev–Trinajstić information content (AvgIpc) is 3.01. The first-order valence-corrected chi connectivity index (χ1v) is 8.11. The summed E-state index contributed by atoms with van der Waals surface area (Å²) in [6.45, 7) is 1.40. The van der Waals surface area contributed by atoms with Gasteiger partial charge in [0.05, 0.1) is 11.6 Å². The molecule has 150 valence electrons. The predicted molar refractivity (Wildman–Crippen MR) is 89.1 cm³/mol. The second-order valence-corrected chi connectivity index (χ2v) is 6.30. The normalized spacial score (nSPS) is 13.9. The average molecular weight is 402 g/mol. The van der Waals surface area contributed by atoms with Gasteiger partial charge in [0.15, 0.2) is 5.65 Å². The minimum absolute atomic E-state index is 0.150. The van der Waals surface area contributed by atoms with Gasteiger partial charge in [-0.25, -0.2) is 9.67 Å². The number of nitrogens with one attached hydrogen (secondary N) is 1. The smallest absolute Gasteiger partial charge is 0.390 e. The van der Waals surface area contributed by atoms with Gasteiger partial charge in [0.1, 0.15) is 23.5 Å². The second kappa shape index (κ2) is 6.66. The fourth-order valence-corrected chi connectivity index (χ4v) is 2.85. The van der Waals surface area contributed by atoms with Gasteiger partial charge in [0, 0.05) is 0 Å². The number of aryl methyl sites for hydroxylation is 1. The summed E-state index contributed by atoms with van der Waals surface area (Å²) < 4.78 is 67.5. The number of rotatable bonds is 4. The highest BCUT2D eigenvalue weighted by Crippen LogP contribution is 2.34. The first kappa shape index (κ1) is 19.9. The number of nitrogens with zero attached hydrogens (tertiary/aromatic N) is 3. The van der Waals surface area contributed by atoms with E-state index < -0.39 is 47.0 Å². The molecular formula is C17H15F5N4O2. The van der Waals surface area contributed by atoms with Crippen LogP contribution in [0.4, 0.5) is 22.0 Å². The minimum atomic E-state index is -4.51. The number of fused-ring (bicyclic) bond motifs is 1. The Morgan fingerprint density at radius 1 is 1.18 bits per heavy atom. The van der Waals surface area contributed by atoms with Gasteiger partial charge >= 0.3 is 12.1 Å². The van der Waals surface area contributed by atoms with Crippen LogP contribution in [0.1, 0.15) is 35.6 Å². The maximum atomic E-state index is 14.1.